The summed E-state index contributed by atoms with van der Waals surface area (Å²) in [7, 11) is 1.60. The lowest BCUT2D eigenvalue weighted by Gasteiger charge is -2.17. The van der Waals surface area contributed by atoms with Crippen molar-refractivity contribution in [1.29, 1.82) is 0 Å². The summed E-state index contributed by atoms with van der Waals surface area (Å²) in [5, 5.41) is 1.65. The van der Waals surface area contributed by atoms with Gasteiger partial charge >= 0.3 is 0 Å². The molecule has 0 bridgehead atoms. The van der Waals surface area contributed by atoms with Crippen LogP contribution < -0.4 is 10.3 Å². The number of rotatable bonds is 7. The maximum atomic E-state index is 13.3. The van der Waals surface area contributed by atoms with E-state index in [4.69, 9.17) is 26.1 Å². The molecule has 3 aromatic rings. The molecule has 2 aromatic carbocycles. The minimum Gasteiger partial charge on any atom is -0.496 e. The summed E-state index contributed by atoms with van der Waals surface area (Å²) in [6, 6.07) is 10.5. The van der Waals surface area contributed by atoms with Crippen molar-refractivity contribution in [1.82, 2.24) is 9.55 Å². The predicted octanol–water partition coefficient (Wildman–Crippen LogP) is 4.73. The second kappa shape index (κ2) is 9.42. The van der Waals surface area contributed by atoms with Gasteiger partial charge in [-0.1, -0.05) is 23.4 Å². The molecular weight excluding hydrogens is 436 g/mol. The van der Waals surface area contributed by atoms with E-state index in [2.05, 4.69) is 0 Å². The van der Waals surface area contributed by atoms with Crippen LogP contribution in [0.3, 0.4) is 0 Å². The molecule has 2 heterocycles. The molecule has 1 atom stereocenters. The first kappa shape index (κ1) is 21.9. The molecular formula is C23H23ClN2O4S. The van der Waals surface area contributed by atoms with Crippen LogP contribution in [0.4, 0.5) is 0 Å². The second-order valence-electron chi connectivity index (χ2n) is 7.48. The van der Waals surface area contributed by atoms with Gasteiger partial charge in [0, 0.05) is 28.5 Å². The number of ether oxygens (including phenoxy) is 2. The predicted molar refractivity (Wildman–Crippen MR) is 123 cm³/mol. The van der Waals surface area contributed by atoms with Crippen LogP contribution in [0.1, 0.15) is 35.7 Å². The standard InChI is InChI=1S/C23H23ClN2O4S/c1-14(27)15-5-8-21(29-2)16(10-15)13-31-23-25-20-11-17(24)6-7-19(20)22(28)26(23)12-18-4-3-9-30-18/h5-8,10-11,18H,3-4,9,12-13H2,1-2H3. The molecule has 4 rings (SSSR count). The summed E-state index contributed by atoms with van der Waals surface area (Å²) in [6.07, 6.45) is 1.91. The molecule has 1 aliphatic heterocycles. The highest BCUT2D eigenvalue weighted by atomic mass is 35.5. The number of nitrogens with zero attached hydrogens (tertiary/aromatic N) is 2. The minimum atomic E-state index is -0.107. The summed E-state index contributed by atoms with van der Waals surface area (Å²) in [4.78, 5) is 29.8. The van der Waals surface area contributed by atoms with Crippen LogP contribution in [-0.4, -0.2) is 35.2 Å². The molecule has 8 heteroatoms. The van der Waals surface area contributed by atoms with E-state index in [9.17, 15) is 9.59 Å². The lowest BCUT2D eigenvalue weighted by atomic mass is 10.1. The number of carbonyl (C=O) groups is 1. The molecule has 1 unspecified atom stereocenters. The Morgan fingerprint density at radius 2 is 2.16 bits per heavy atom. The molecule has 1 saturated heterocycles. The molecule has 0 N–H and O–H groups in total. The first-order valence-corrected chi connectivity index (χ1v) is 11.4. The monoisotopic (exact) mass is 458 g/mol. The second-order valence-corrected chi connectivity index (χ2v) is 8.86. The maximum Gasteiger partial charge on any atom is 0.262 e. The first-order valence-electron chi connectivity index (χ1n) is 10.1. The van der Waals surface area contributed by atoms with E-state index in [0.717, 1.165) is 18.4 Å². The third-order valence-electron chi connectivity index (χ3n) is 5.34. The quantitative estimate of drug-likeness (QED) is 0.289. The molecule has 1 aliphatic rings. The summed E-state index contributed by atoms with van der Waals surface area (Å²) in [5.74, 6) is 1.17. The van der Waals surface area contributed by atoms with Gasteiger partial charge in [0.15, 0.2) is 10.9 Å². The fourth-order valence-electron chi connectivity index (χ4n) is 3.69. The van der Waals surface area contributed by atoms with Gasteiger partial charge in [-0.05, 0) is 56.2 Å². The normalized spacial score (nSPS) is 16.0. The molecule has 1 fully saturated rings. The number of hydrogen-bond acceptors (Lipinski definition) is 6. The molecule has 6 nitrogen and oxygen atoms in total. The number of methoxy groups -OCH3 is 1. The van der Waals surface area contributed by atoms with Crippen molar-refractivity contribution in [3.8, 4) is 5.75 Å². The fraction of sp³-hybridized carbons (Fsp3) is 0.348. The van der Waals surface area contributed by atoms with Crippen molar-refractivity contribution in [3.05, 3.63) is 62.9 Å². The highest BCUT2D eigenvalue weighted by Gasteiger charge is 2.21. The Morgan fingerprint density at radius 1 is 1.32 bits per heavy atom. The number of thioether (sulfide) groups is 1. The Labute approximate surface area is 189 Å². The maximum absolute atomic E-state index is 13.3. The van der Waals surface area contributed by atoms with E-state index in [1.54, 1.807) is 42.0 Å². The van der Waals surface area contributed by atoms with Crippen molar-refractivity contribution in [3.63, 3.8) is 0 Å². The molecule has 0 amide bonds. The van der Waals surface area contributed by atoms with E-state index in [-0.39, 0.29) is 17.4 Å². The van der Waals surface area contributed by atoms with Gasteiger partial charge in [-0.3, -0.25) is 14.2 Å². The third kappa shape index (κ3) is 4.79. The molecule has 31 heavy (non-hydrogen) atoms. The van der Waals surface area contributed by atoms with Crippen molar-refractivity contribution < 1.29 is 14.3 Å². The van der Waals surface area contributed by atoms with Crippen molar-refractivity contribution in [2.45, 2.75) is 43.3 Å². The van der Waals surface area contributed by atoms with Crippen LogP contribution in [0.2, 0.25) is 5.02 Å². The zero-order valence-corrected chi connectivity index (χ0v) is 19.0. The van der Waals surface area contributed by atoms with E-state index in [1.165, 1.54) is 18.7 Å². The molecule has 0 spiro atoms. The van der Waals surface area contributed by atoms with Crippen molar-refractivity contribution >= 4 is 40.0 Å². The van der Waals surface area contributed by atoms with Crippen LogP contribution in [0.15, 0.2) is 46.3 Å². The average molecular weight is 459 g/mol. The summed E-state index contributed by atoms with van der Waals surface area (Å²) < 4.78 is 12.9. The number of fused-ring (bicyclic) bond motifs is 1. The van der Waals surface area contributed by atoms with Crippen LogP contribution in [0.5, 0.6) is 5.75 Å². The molecule has 0 aliphatic carbocycles. The minimum absolute atomic E-state index is 0.000762. The summed E-state index contributed by atoms with van der Waals surface area (Å²) in [6.45, 7) is 2.71. The highest BCUT2D eigenvalue weighted by Crippen LogP contribution is 2.29. The van der Waals surface area contributed by atoms with E-state index < -0.39 is 0 Å². The average Bonchev–Trinajstić information content (AvgIpc) is 3.27. The van der Waals surface area contributed by atoms with Gasteiger partial charge in [0.2, 0.25) is 0 Å². The highest BCUT2D eigenvalue weighted by molar-refractivity contribution is 7.98. The van der Waals surface area contributed by atoms with Crippen molar-refractivity contribution in [2.24, 2.45) is 0 Å². The van der Waals surface area contributed by atoms with Gasteiger partial charge in [0.25, 0.3) is 5.56 Å². The third-order valence-corrected chi connectivity index (χ3v) is 6.60. The number of carbonyl (C=O) groups excluding carboxylic acids is 1. The Morgan fingerprint density at radius 3 is 2.87 bits per heavy atom. The van der Waals surface area contributed by atoms with Crippen molar-refractivity contribution in [2.75, 3.05) is 13.7 Å². The molecule has 162 valence electrons. The molecule has 0 radical (unpaired) electrons. The number of ketones is 1. The smallest absolute Gasteiger partial charge is 0.262 e. The zero-order valence-electron chi connectivity index (χ0n) is 17.4. The lowest BCUT2D eigenvalue weighted by Crippen LogP contribution is -2.28. The van der Waals surface area contributed by atoms with E-state index >= 15 is 0 Å². The van der Waals surface area contributed by atoms with Crippen LogP contribution in [-0.2, 0) is 17.0 Å². The summed E-state index contributed by atoms with van der Waals surface area (Å²) in [5.41, 5.74) is 1.94. The Hall–Kier alpha value is -2.35. The number of hydrogen-bond donors (Lipinski definition) is 0. The van der Waals surface area contributed by atoms with Gasteiger partial charge in [-0.25, -0.2) is 4.98 Å². The number of Topliss-reactive ketones (excluding diaryl/α,β-unsaturated/α-hetero) is 1. The molecule has 1 aromatic heterocycles. The van der Waals surface area contributed by atoms with Crippen LogP contribution in [0, 0.1) is 0 Å². The topological polar surface area (TPSA) is 70.4 Å². The van der Waals surface area contributed by atoms with Gasteiger partial charge in [-0.2, -0.15) is 0 Å². The number of halogens is 1. The molecule has 0 saturated carbocycles. The SMILES string of the molecule is COc1ccc(C(C)=O)cc1CSc1nc2cc(Cl)ccc2c(=O)n1CC1CCCO1. The van der Waals surface area contributed by atoms with Crippen LogP contribution >= 0.6 is 23.4 Å². The van der Waals surface area contributed by atoms with Gasteiger partial charge in [-0.15, -0.1) is 0 Å². The lowest BCUT2D eigenvalue weighted by molar-refractivity contribution is 0.0937. The Balaban J connectivity index is 1.72. The largest absolute Gasteiger partial charge is 0.496 e. The van der Waals surface area contributed by atoms with Gasteiger partial charge in [0.05, 0.1) is 30.7 Å². The van der Waals surface area contributed by atoms with Gasteiger partial charge < -0.3 is 9.47 Å². The Kier molecular flexibility index (Phi) is 6.65. The fourth-order valence-corrected chi connectivity index (χ4v) is 4.84. The summed E-state index contributed by atoms with van der Waals surface area (Å²) >= 11 is 7.57. The number of benzene rings is 2. The first-order chi connectivity index (χ1) is 15.0. The van der Waals surface area contributed by atoms with Crippen LogP contribution in [0.25, 0.3) is 10.9 Å². The zero-order chi connectivity index (χ0) is 22.0. The van der Waals surface area contributed by atoms with E-state index in [0.29, 0.717) is 51.3 Å². The number of aromatic nitrogens is 2. The van der Waals surface area contributed by atoms with E-state index in [1.807, 2.05) is 6.07 Å². The Bertz CT molecular complexity index is 1190. The van der Waals surface area contributed by atoms with Gasteiger partial charge in [0.1, 0.15) is 5.75 Å².